The summed E-state index contributed by atoms with van der Waals surface area (Å²) in [6.45, 7) is 1.36. The van der Waals surface area contributed by atoms with Crippen LogP contribution >= 0.6 is 0 Å². The molecular formula is C9H13N3O2. The number of hydrogen-bond donors (Lipinski definition) is 2. The van der Waals surface area contributed by atoms with Gasteiger partial charge in [0.25, 0.3) is 0 Å². The SMILES string of the molecule is O=C(Nc1ccn[nH]1)C1CCOCC1. The topological polar surface area (TPSA) is 67.0 Å². The first-order chi connectivity index (χ1) is 6.86. The first-order valence-electron chi connectivity index (χ1n) is 4.74. The maximum absolute atomic E-state index is 11.7. The van der Waals surface area contributed by atoms with Crippen molar-refractivity contribution in [3.63, 3.8) is 0 Å². The predicted molar refractivity (Wildman–Crippen MR) is 50.8 cm³/mol. The fraction of sp³-hybridized carbons (Fsp3) is 0.556. The van der Waals surface area contributed by atoms with Crippen LogP contribution in [-0.4, -0.2) is 29.3 Å². The van der Waals surface area contributed by atoms with Crippen molar-refractivity contribution in [2.24, 2.45) is 5.92 Å². The van der Waals surface area contributed by atoms with Gasteiger partial charge in [-0.05, 0) is 12.8 Å². The number of anilines is 1. The maximum atomic E-state index is 11.7. The molecule has 1 aliphatic rings. The minimum absolute atomic E-state index is 0.0533. The Hall–Kier alpha value is -1.36. The molecule has 76 valence electrons. The zero-order valence-corrected chi connectivity index (χ0v) is 7.82. The molecule has 2 heterocycles. The van der Waals surface area contributed by atoms with Gasteiger partial charge in [-0.3, -0.25) is 9.89 Å². The van der Waals surface area contributed by atoms with Gasteiger partial charge in [0, 0.05) is 25.2 Å². The highest BCUT2D eigenvalue weighted by Crippen LogP contribution is 2.16. The van der Waals surface area contributed by atoms with Crippen LogP contribution in [0.15, 0.2) is 12.3 Å². The summed E-state index contributed by atoms with van der Waals surface area (Å²) in [4.78, 5) is 11.7. The van der Waals surface area contributed by atoms with Crippen molar-refractivity contribution in [3.05, 3.63) is 12.3 Å². The molecule has 0 aromatic carbocycles. The molecule has 1 aromatic heterocycles. The van der Waals surface area contributed by atoms with Crippen molar-refractivity contribution < 1.29 is 9.53 Å². The lowest BCUT2D eigenvalue weighted by molar-refractivity contribution is -0.122. The van der Waals surface area contributed by atoms with Crippen molar-refractivity contribution in [3.8, 4) is 0 Å². The second-order valence-electron chi connectivity index (χ2n) is 3.35. The third-order valence-corrected chi connectivity index (χ3v) is 2.35. The van der Waals surface area contributed by atoms with Gasteiger partial charge in [-0.25, -0.2) is 0 Å². The van der Waals surface area contributed by atoms with E-state index in [1.807, 2.05) is 0 Å². The summed E-state index contributed by atoms with van der Waals surface area (Å²) < 4.78 is 5.18. The van der Waals surface area contributed by atoms with E-state index in [2.05, 4.69) is 15.5 Å². The molecule has 1 aromatic rings. The Morgan fingerprint density at radius 1 is 1.57 bits per heavy atom. The predicted octanol–water partition coefficient (Wildman–Crippen LogP) is 0.775. The first-order valence-corrected chi connectivity index (χ1v) is 4.74. The number of ether oxygens (including phenoxy) is 1. The Labute approximate surface area is 81.8 Å². The number of carbonyl (C=O) groups excluding carboxylic acids is 1. The largest absolute Gasteiger partial charge is 0.381 e. The number of hydrogen-bond acceptors (Lipinski definition) is 3. The standard InChI is InChI=1S/C9H13N3O2/c13-9(7-2-5-14-6-3-7)11-8-1-4-10-12-8/h1,4,7H,2-3,5-6H2,(H2,10,11,12,13). The number of aromatic nitrogens is 2. The molecule has 0 saturated carbocycles. The van der Waals surface area contributed by atoms with E-state index in [1.54, 1.807) is 12.3 Å². The summed E-state index contributed by atoms with van der Waals surface area (Å²) in [5.41, 5.74) is 0. The Kier molecular flexibility index (Phi) is 2.78. The van der Waals surface area contributed by atoms with Crippen molar-refractivity contribution in [2.45, 2.75) is 12.8 Å². The summed E-state index contributed by atoms with van der Waals surface area (Å²) in [6, 6.07) is 1.73. The summed E-state index contributed by atoms with van der Waals surface area (Å²) in [7, 11) is 0. The van der Waals surface area contributed by atoms with Crippen LogP contribution in [0.4, 0.5) is 5.82 Å². The second-order valence-corrected chi connectivity index (χ2v) is 3.35. The van der Waals surface area contributed by atoms with Crippen LogP contribution < -0.4 is 5.32 Å². The minimum Gasteiger partial charge on any atom is -0.381 e. The van der Waals surface area contributed by atoms with E-state index in [0.29, 0.717) is 19.0 Å². The van der Waals surface area contributed by atoms with E-state index in [-0.39, 0.29) is 11.8 Å². The van der Waals surface area contributed by atoms with Crippen LogP contribution in [0.1, 0.15) is 12.8 Å². The monoisotopic (exact) mass is 195 g/mol. The molecule has 0 bridgehead atoms. The van der Waals surface area contributed by atoms with E-state index in [4.69, 9.17) is 4.74 Å². The second kappa shape index (κ2) is 4.23. The smallest absolute Gasteiger partial charge is 0.228 e. The lowest BCUT2D eigenvalue weighted by atomic mass is 9.99. The molecule has 2 rings (SSSR count). The average Bonchev–Trinajstić information content (AvgIpc) is 2.72. The van der Waals surface area contributed by atoms with Gasteiger partial charge in [0.2, 0.25) is 5.91 Å². The summed E-state index contributed by atoms with van der Waals surface area (Å²) in [5.74, 6) is 0.783. The number of H-pyrrole nitrogens is 1. The molecule has 2 N–H and O–H groups in total. The number of nitrogens with zero attached hydrogens (tertiary/aromatic N) is 1. The molecule has 1 saturated heterocycles. The molecule has 1 aliphatic heterocycles. The van der Waals surface area contributed by atoms with Crippen molar-refractivity contribution in [1.82, 2.24) is 10.2 Å². The van der Waals surface area contributed by atoms with Gasteiger partial charge >= 0.3 is 0 Å². The number of amides is 1. The zero-order chi connectivity index (χ0) is 9.80. The van der Waals surface area contributed by atoms with Gasteiger partial charge in [-0.1, -0.05) is 0 Å². The van der Waals surface area contributed by atoms with Crippen LogP contribution in [0.25, 0.3) is 0 Å². The quantitative estimate of drug-likeness (QED) is 0.732. The van der Waals surface area contributed by atoms with Crippen LogP contribution in [0.2, 0.25) is 0 Å². The van der Waals surface area contributed by atoms with Crippen LogP contribution in [0.5, 0.6) is 0 Å². The van der Waals surface area contributed by atoms with Gasteiger partial charge in [0.1, 0.15) is 5.82 Å². The van der Waals surface area contributed by atoms with Crippen LogP contribution in [-0.2, 0) is 9.53 Å². The fourth-order valence-electron chi connectivity index (χ4n) is 1.52. The van der Waals surface area contributed by atoms with Crippen molar-refractivity contribution in [1.29, 1.82) is 0 Å². The number of rotatable bonds is 2. The van der Waals surface area contributed by atoms with Crippen molar-refractivity contribution >= 4 is 11.7 Å². The van der Waals surface area contributed by atoms with Crippen LogP contribution in [0, 0.1) is 5.92 Å². The number of carbonyl (C=O) groups is 1. The molecule has 0 radical (unpaired) electrons. The summed E-state index contributed by atoms with van der Waals surface area (Å²) in [6.07, 6.45) is 3.22. The summed E-state index contributed by atoms with van der Waals surface area (Å²) >= 11 is 0. The molecule has 0 unspecified atom stereocenters. The Bertz CT molecular complexity index is 291. The molecule has 0 spiro atoms. The number of aromatic amines is 1. The minimum atomic E-state index is 0.0533. The third kappa shape index (κ3) is 2.11. The molecule has 1 amide bonds. The van der Waals surface area contributed by atoms with E-state index < -0.39 is 0 Å². The van der Waals surface area contributed by atoms with Gasteiger partial charge in [-0.2, -0.15) is 5.10 Å². The highest BCUT2D eigenvalue weighted by atomic mass is 16.5. The van der Waals surface area contributed by atoms with E-state index in [1.165, 1.54) is 0 Å². The first kappa shape index (κ1) is 9.21. The molecule has 1 fully saturated rings. The lowest BCUT2D eigenvalue weighted by Gasteiger charge is -2.20. The van der Waals surface area contributed by atoms with E-state index in [0.717, 1.165) is 12.8 Å². The van der Waals surface area contributed by atoms with Gasteiger partial charge in [-0.15, -0.1) is 0 Å². The van der Waals surface area contributed by atoms with E-state index in [9.17, 15) is 4.79 Å². The normalized spacial score (nSPS) is 18.0. The average molecular weight is 195 g/mol. The molecule has 5 nitrogen and oxygen atoms in total. The molecular weight excluding hydrogens is 182 g/mol. The van der Waals surface area contributed by atoms with Crippen LogP contribution in [0.3, 0.4) is 0 Å². The highest BCUT2D eigenvalue weighted by Gasteiger charge is 2.21. The Balaban J connectivity index is 1.88. The summed E-state index contributed by atoms with van der Waals surface area (Å²) in [5, 5.41) is 9.23. The Morgan fingerprint density at radius 2 is 2.36 bits per heavy atom. The third-order valence-electron chi connectivity index (χ3n) is 2.35. The molecule has 14 heavy (non-hydrogen) atoms. The molecule has 0 atom stereocenters. The lowest BCUT2D eigenvalue weighted by Crippen LogP contribution is -2.28. The highest BCUT2D eigenvalue weighted by molar-refractivity contribution is 5.91. The zero-order valence-electron chi connectivity index (χ0n) is 7.82. The number of nitrogens with one attached hydrogen (secondary N) is 2. The van der Waals surface area contributed by atoms with E-state index >= 15 is 0 Å². The molecule has 5 heteroatoms. The fourth-order valence-corrected chi connectivity index (χ4v) is 1.52. The maximum Gasteiger partial charge on any atom is 0.228 e. The Morgan fingerprint density at radius 3 is 3.00 bits per heavy atom. The van der Waals surface area contributed by atoms with Gasteiger partial charge < -0.3 is 10.1 Å². The van der Waals surface area contributed by atoms with Gasteiger partial charge in [0.05, 0.1) is 6.20 Å². The molecule has 0 aliphatic carbocycles. The van der Waals surface area contributed by atoms with Crippen molar-refractivity contribution in [2.75, 3.05) is 18.5 Å². The van der Waals surface area contributed by atoms with Gasteiger partial charge in [0.15, 0.2) is 0 Å².